The molecular formula is C14H24N2O. The molecule has 1 rings (SSSR count). The number of ether oxygens (including phenoxy) is 1. The first kappa shape index (κ1) is 14.0. The fourth-order valence-corrected chi connectivity index (χ4v) is 2.26. The molecule has 0 spiro atoms. The van der Waals surface area contributed by atoms with Gasteiger partial charge in [-0.3, -0.25) is 4.98 Å². The molecule has 1 aromatic rings. The Morgan fingerprint density at radius 2 is 2.12 bits per heavy atom. The van der Waals surface area contributed by atoms with Crippen LogP contribution in [0.5, 0.6) is 5.75 Å². The number of nitrogens with zero attached hydrogens (tertiary/aromatic N) is 1. The van der Waals surface area contributed by atoms with E-state index in [9.17, 15) is 0 Å². The minimum Gasteiger partial charge on any atom is -0.496 e. The van der Waals surface area contributed by atoms with Gasteiger partial charge in [0.15, 0.2) is 0 Å². The molecule has 0 radical (unpaired) electrons. The third kappa shape index (κ3) is 3.43. The van der Waals surface area contributed by atoms with Gasteiger partial charge in [-0.15, -0.1) is 0 Å². The first-order valence-electron chi connectivity index (χ1n) is 6.33. The Balaban J connectivity index is 2.91. The van der Waals surface area contributed by atoms with E-state index in [1.54, 1.807) is 7.11 Å². The van der Waals surface area contributed by atoms with Crippen LogP contribution in [0, 0.1) is 19.8 Å². The third-order valence-electron chi connectivity index (χ3n) is 3.26. The standard InChI is InChI=1S/C14H24N2O/c1-5-6-12(8-15)7-13-11(3)14(17-4)10(2)9-16-13/h9,12H,5-8,15H2,1-4H3. The maximum Gasteiger partial charge on any atom is 0.128 e. The van der Waals surface area contributed by atoms with Crippen molar-refractivity contribution in [2.24, 2.45) is 11.7 Å². The third-order valence-corrected chi connectivity index (χ3v) is 3.26. The normalized spacial score (nSPS) is 12.5. The molecule has 1 heterocycles. The highest BCUT2D eigenvalue weighted by Crippen LogP contribution is 2.26. The summed E-state index contributed by atoms with van der Waals surface area (Å²) >= 11 is 0. The van der Waals surface area contributed by atoms with Crippen molar-refractivity contribution >= 4 is 0 Å². The Morgan fingerprint density at radius 1 is 1.41 bits per heavy atom. The molecule has 2 N–H and O–H groups in total. The summed E-state index contributed by atoms with van der Waals surface area (Å²) in [5, 5.41) is 0. The number of rotatable bonds is 6. The van der Waals surface area contributed by atoms with E-state index in [1.165, 1.54) is 6.42 Å². The molecule has 0 aromatic carbocycles. The summed E-state index contributed by atoms with van der Waals surface area (Å²) in [4.78, 5) is 4.52. The number of nitrogens with two attached hydrogens (primary N) is 1. The van der Waals surface area contributed by atoms with E-state index in [-0.39, 0.29) is 0 Å². The van der Waals surface area contributed by atoms with E-state index in [4.69, 9.17) is 10.5 Å². The number of methoxy groups -OCH3 is 1. The van der Waals surface area contributed by atoms with Crippen molar-refractivity contribution in [1.82, 2.24) is 4.98 Å². The van der Waals surface area contributed by atoms with Crippen molar-refractivity contribution in [3.05, 3.63) is 23.0 Å². The molecule has 3 heteroatoms. The van der Waals surface area contributed by atoms with Crippen molar-refractivity contribution in [2.75, 3.05) is 13.7 Å². The van der Waals surface area contributed by atoms with Gasteiger partial charge in [-0.25, -0.2) is 0 Å². The Bertz CT molecular complexity index is 363. The van der Waals surface area contributed by atoms with Crippen molar-refractivity contribution in [2.45, 2.75) is 40.0 Å². The highest BCUT2D eigenvalue weighted by molar-refractivity contribution is 5.41. The van der Waals surface area contributed by atoms with Crippen LogP contribution in [-0.4, -0.2) is 18.6 Å². The molecule has 0 aliphatic heterocycles. The SMILES string of the molecule is CCCC(CN)Cc1ncc(C)c(OC)c1C. The van der Waals surface area contributed by atoms with Gasteiger partial charge in [0.25, 0.3) is 0 Å². The minimum atomic E-state index is 0.526. The van der Waals surface area contributed by atoms with E-state index >= 15 is 0 Å². The monoisotopic (exact) mass is 236 g/mol. The van der Waals surface area contributed by atoms with Crippen molar-refractivity contribution < 1.29 is 4.74 Å². The van der Waals surface area contributed by atoms with Gasteiger partial charge in [-0.2, -0.15) is 0 Å². The van der Waals surface area contributed by atoms with Crippen molar-refractivity contribution in [1.29, 1.82) is 0 Å². The zero-order valence-electron chi connectivity index (χ0n) is 11.4. The maximum absolute atomic E-state index is 5.80. The fraction of sp³-hybridized carbons (Fsp3) is 0.643. The lowest BCUT2D eigenvalue weighted by molar-refractivity contribution is 0.405. The van der Waals surface area contributed by atoms with Crippen LogP contribution in [0.2, 0.25) is 0 Å². The Labute approximate surface area is 104 Å². The predicted octanol–water partition coefficient (Wildman–Crippen LogP) is 2.62. The molecular weight excluding hydrogens is 212 g/mol. The minimum absolute atomic E-state index is 0.526. The second kappa shape index (κ2) is 6.60. The summed E-state index contributed by atoms with van der Waals surface area (Å²) in [6, 6.07) is 0. The molecule has 0 saturated carbocycles. The van der Waals surface area contributed by atoms with Gasteiger partial charge in [0.05, 0.1) is 7.11 Å². The van der Waals surface area contributed by atoms with Crippen LogP contribution in [-0.2, 0) is 6.42 Å². The summed E-state index contributed by atoms with van der Waals surface area (Å²) in [5.41, 5.74) is 9.17. The fourth-order valence-electron chi connectivity index (χ4n) is 2.26. The van der Waals surface area contributed by atoms with Crippen LogP contribution in [0.15, 0.2) is 6.20 Å². The van der Waals surface area contributed by atoms with Crippen LogP contribution in [0.25, 0.3) is 0 Å². The Hall–Kier alpha value is -1.09. The van der Waals surface area contributed by atoms with Crippen molar-refractivity contribution in [3.63, 3.8) is 0 Å². The van der Waals surface area contributed by atoms with Crippen LogP contribution < -0.4 is 10.5 Å². The molecule has 1 aromatic heterocycles. The first-order chi connectivity index (χ1) is 8.13. The summed E-state index contributed by atoms with van der Waals surface area (Å²) in [7, 11) is 1.71. The molecule has 1 atom stereocenters. The lowest BCUT2D eigenvalue weighted by Crippen LogP contribution is -2.18. The smallest absolute Gasteiger partial charge is 0.128 e. The molecule has 0 fully saturated rings. The van der Waals surface area contributed by atoms with E-state index in [1.807, 2.05) is 13.1 Å². The molecule has 0 amide bonds. The molecule has 0 bridgehead atoms. The highest BCUT2D eigenvalue weighted by Gasteiger charge is 2.13. The molecule has 17 heavy (non-hydrogen) atoms. The van der Waals surface area contributed by atoms with Crippen molar-refractivity contribution in [3.8, 4) is 5.75 Å². The summed E-state index contributed by atoms with van der Waals surface area (Å²) in [6.45, 7) is 7.02. The summed E-state index contributed by atoms with van der Waals surface area (Å²) in [6.07, 6.45) is 5.17. The Kier molecular flexibility index (Phi) is 5.42. The maximum atomic E-state index is 5.80. The number of hydrogen-bond acceptors (Lipinski definition) is 3. The zero-order valence-corrected chi connectivity index (χ0v) is 11.4. The van der Waals surface area contributed by atoms with Crippen LogP contribution in [0.3, 0.4) is 0 Å². The summed E-state index contributed by atoms with van der Waals surface area (Å²) in [5.74, 6) is 1.49. The number of aryl methyl sites for hydroxylation is 1. The van der Waals surface area contributed by atoms with Gasteiger partial charge in [-0.1, -0.05) is 13.3 Å². The molecule has 0 saturated heterocycles. The van der Waals surface area contributed by atoms with Crippen LogP contribution in [0.4, 0.5) is 0 Å². The van der Waals surface area contributed by atoms with Crippen LogP contribution in [0.1, 0.15) is 36.6 Å². The van der Waals surface area contributed by atoms with E-state index in [0.29, 0.717) is 5.92 Å². The molecule has 0 aliphatic carbocycles. The predicted molar refractivity (Wildman–Crippen MR) is 71.4 cm³/mol. The van der Waals surface area contributed by atoms with Gasteiger partial charge in [0.2, 0.25) is 0 Å². The van der Waals surface area contributed by atoms with E-state index in [2.05, 4.69) is 18.8 Å². The van der Waals surface area contributed by atoms with Gasteiger partial charge in [-0.05, 0) is 39.2 Å². The molecule has 96 valence electrons. The van der Waals surface area contributed by atoms with Gasteiger partial charge >= 0.3 is 0 Å². The second-order valence-electron chi connectivity index (χ2n) is 4.64. The highest BCUT2D eigenvalue weighted by atomic mass is 16.5. The largest absolute Gasteiger partial charge is 0.496 e. The molecule has 1 unspecified atom stereocenters. The number of pyridine rings is 1. The Morgan fingerprint density at radius 3 is 2.65 bits per heavy atom. The lowest BCUT2D eigenvalue weighted by Gasteiger charge is -2.17. The van der Waals surface area contributed by atoms with Crippen LogP contribution >= 0.6 is 0 Å². The zero-order chi connectivity index (χ0) is 12.8. The average Bonchev–Trinajstić information content (AvgIpc) is 2.32. The topological polar surface area (TPSA) is 48.1 Å². The average molecular weight is 236 g/mol. The van der Waals surface area contributed by atoms with Gasteiger partial charge < -0.3 is 10.5 Å². The van der Waals surface area contributed by atoms with Gasteiger partial charge in [0.1, 0.15) is 5.75 Å². The van der Waals surface area contributed by atoms with E-state index in [0.717, 1.165) is 42.0 Å². The quantitative estimate of drug-likeness (QED) is 0.826. The number of aromatic nitrogens is 1. The van der Waals surface area contributed by atoms with Gasteiger partial charge in [0, 0.05) is 23.0 Å². The van der Waals surface area contributed by atoms with E-state index < -0.39 is 0 Å². The lowest BCUT2D eigenvalue weighted by atomic mass is 9.95. The summed E-state index contributed by atoms with van der Waals surface area (Å²) < 4.78 is 5.42. The number of hydrogen-bond donors (Lipinski definition) is 1. The second-order valence-corrected chi connectivity index (χ2v) is 4.64. The molecule has 3 nitrogen and oxygen atoms in total. The first-order valence-corrected chi connectivity index (χ1v) is 6.33. The molecule has 0 aliphatic rings.